The van der Waals surface area contributed by atoms with Gasteiger partial charge >= 0.3 is 5.97 Å². The largest absolute Gasteiger partial charge is 0.462 e. The Hall–Kier alpha value is -2.59. The number of benzene rings is 2. The minimum absolute atomic E-state index is 0.115. The number of rotatable bonds is 8. The Morgan fingerprint density at radius 2 is 1.67 bits per heavy atom. The van der Waals surface area contributed by atoms with E-state index in [1.54, 1.807) is 0 Å². The van der Waals surface area contributed by atoms with E-state index in [1.807, 2.05) is 6.92 Å². The highest BCUT2D eigenvalue weighted by atomic mass is 16.5. The van der Waals surface area contributed by atoms with Crippen molar-refractivity contribution >= 4 is 11.7 Å². The van der Waals surface area contributed by atoms with Crippen molar-refractivity contribution in [3.8, 4) is 0 Å². The molecule has 3 rings (SSSR count). The average Bonchev–Trinajstić information content (AvgIpc) is 2.72. The van der Waals surface area contributed by atoms with Crippen LogP contribution in [0.4, 0.5) is 5.69 Å². The van der Waals surface area contributed by atoms with Crippen molar-refractivity contribution in [3.63, 3.8) is 0 Å². The summed E-state index contributed by atoms with van der Waals surface area (Å²) < 4.78 is 6.02. The summed E-state index contributed by atoms with van der Waals surface area (Å²) in [5.74, 6) is 0.440. The van der Waals surface area contributed by atoms with Gasteiger partial charge in [0.05, 0.1) is 25.4 Å². The highest BCUT2D eigenvalue weighted by Gasteiger charge is 2.37. The van der Waals surface area contributed by atoms with Gasteiger partial charge in [-0.2, -0.15) is 0 Å². The number of carbonyl (C=O) groups excluding carboxylic acids is 1. The molecule has 1 N–H and O–H groups in total. The molecule has 160 valence electrons. The number of hydrogen-bond donors (Lipinski definition) is 1. The second-order valence-corrected chi connectivity index (χ2v) is 8.59. The molecule has 0 bridgehead atoms. The Morgan fingerprint density at radius 3 is 2.27 bits per heavy atom. The van der Waals surface area contributed by atoms with Crippen molar-refractivity contribution in [2.24, 2.45) is 0 Å². The molecular weight excluding hydrogens is 372 g/mol. The van der Waals surface area contributed by atoms with Crippen LogP contribution in [0.25, 0.3) is 0 Å². The maximum absolute atomic E-state index is 12.4. The molecule has 0 aromatic heterocycles. The predicted molar refractivity (Wildman–Crippen MR) is 123 cm³/mol. The monoisotopic (exact) mass is 407 g/mol. The smallest absolute Gasteiger partial charge is 0.361 e. The fourth-order valence-corrected chi connectivity index (χ4v) is 4.66. The number of aryl methyl sites for hydroxylation is 2. The quantitative estimate of drug-likeness (QED) is 0.484. The summed E-state index contributed by atoms with van der Waals surface area (Å²) in [6.45, 7) is 13.9. The van der Waals surface area contributed by atoms with Gasteiger partial charge in [0, 0.05) is 18.5 Å². The molecule has 1 heterocycles. The van der Waals surface area contributed by atoms with Gasteiger partial charge in [-0.05, 0) is 43.4 Å². The number of anilines is 1. The third-order valence-corrected chi connectivity index (χ3v) is 6.25. The van der Waals surface area contributed by atoms with Crippen LogP contribution in [0, 0.1) is 13.8 Å². The molecular formula is C26H35N2O2+. The van der Waals surface area contributed by atoms with Gasteiger partial charge in [-0.1, -0.05) is 55.1 Å². The Kier molecular flexibility index (Phi) is 7.33. The molecule has 0 radical (unpaired) electrons. The highest BCUT2D eigenvalue weighted by molar-refractivity contribution is 5.70. The van der Waals surface area contributed by atoms with Gasteiger partial charge in [0.25, 0.3) is 0 Å². The standard InChI is InChI=1S/C26H35N2O2/c1-5-30-25(29)19-28(16-14-24(15-17-28)23-12-7-6-8-13-23)18-22(4)27-26-20(2)10-9-11-21(26)3/h6-13,24,27H,4-5,14-19H2,1-3H3/q+1. The van der Waals surface area contributed by atoms with Crippen LogP contribution < -0.4 is 5.32 Å². The van der Waals surface area contributed by atoms with E-state index < -0.39 is 0 Å². The zero-order valence-electron chi connectivity index (χ0n) is 18.6. The Balaban J connectivity index is 1.72. The van der Waals surface area contributed by atoms with Crippen LogP contribution in [0.2, 0.25) is 0 Å². The summed E-state index contributed by atoms with van der Waals surface area (Å²) in [6.07, 6.45) is 2.14. The van der Waals surface area contributed by atoms with Gasteiger partial charge < -0.3 is 14.5 Å². The Morgan fingerprint density at radius 1 is 1.03 bits per heavy atom. The molecule has 0 amide bonds. The lowest BCUT2D eigenvalue weighted by atomic mass is 9.88. The van der Waals surface area contributed by atoms with Gasteiger partial charge in [-0.25, -0.2) is 4.79 Å². The number of likely N-dealkylation sites (tertiary alicyclic amines) is 1. The third-order valence-electron chi connectivity index (χ3n) is 6.25. The molecule has 0 spiro atoms. The first-order valence-electron chi connectivity index (χ1n) is 11.0. The lowest BCUT2D eigenvalue weighted by molar-refractivity contribution is -0.921. The fraction of sp³-hybridized carbons (Fsp3) is 0.423. The first-order valence-corrected chi connectivity index (χ1v) is 11.0. The molecule has 1 saturated heterocycles. The van der Waals surface area contributed by atoms with E-state index in [0.29, 0.717) is 23.6 Å². The minimum Gasteiger partial charge on any atom is -0.462 e. The molecule has 4 nitrogen and oxygen atoms in total. The van der Waals surface area contributed by atoms with Gasteiger partial charge in [-0.15, -0.1) is 0 Å². The number of para-hydroxylation sites is 1. The molecule has 0 atom stereocenters. The van der Waals surface area contributed by atoms with Crippen LogP contribution in [0.15, 0.2) is 60.8 Å². The average molecular weight is 408 g/mol. The van der Waals surface area contributed by atoms with E-state index in [1.165, 1.54) is 16.7 Å². The lowest BCUT2D eigenvalue weighted by Gasteiger charge is -2.43. The Bertz CT molecular complexity index is 848. The van der Waals surface area contributed by atoms with E-state index in [2.05, 4.69) is 74.3 Å². The summed E-state index contributed by atoms with van der Waals surface area (Å²) in [5, 5.41) is 3.54. The first kappa shape index (κ1) is 22.1. The third kappa shape index (κ3) is 5.51. The molecule has 2 aromatic carbocycles. The molecule has 4 heteroatoms. The normalized spacial score (nSPS) is 21.1. The molecule has 1 fully saturated rings. The van der Waals surface area contributed by atoms with E-state index in [4.69, 9.17) is 4.74 Å². The zero-order valence-corrected chi connectivity index (χ0v) is 18.6. The number of hydrogen-bond acceptors (Lipinski definition) is 3. The van der Waals surface area contributed by atoms with Gasteiger partial charge in [-0.3, -0.25) is 0 Å². The van der Waals surface area contributed by atoms with Crippen LogP contribution in [0.5, 0.6) is 0 Å². The number of piperidine rings is 1. The van der Waals surface area contributed by atoms with Crippen molar-refractivity contribution in [2.75, 3.05) is 38.1 Å². The summed E-state index contributed by atoms with van der Waals surface area (Å²) in [7, 11) is 0. The van der Waals surface area contributed by atoms with Crippen molar-refractivity contribution < 1.29 is 14.0 Å². The second-order valence-electron chi connectivity index (χ2n) is 8.59. The van der Waals surface area contributed by atoms with E-state index in [9.17, 15) is 4.79 Å². The SMILES string of the molecule is C=C(C[N+]1(CC(=O)OCC)CCC(c2ccccc2)CC1)Nc1c(C)cccc1C. The van der Waals surface area contributed by atoms with Gasteiger partial charge in [0.15, 0.2) is 6.54 Å². The number of nitrogens with zero attached hydrogens (tertiary/aromatic N) is 1. The van der Waals surface area contributed by atoms with Crippen LogP contribution in [-0.2, 0) is 9.53 Å². The first-order chi connectivity index (χ1) is 14.4. The zero-order chi connectivity index (χ0) is 21.6. The molecule has 0 unspecified atom stereocenters. The molecule has 1 aliphatic rings. The number of esters is 1. The summed E-state index contributed by atoms with van der Waals surface area (Å²) in [6, 6.07) is 17.0. The topological polar surface area (TPSA) is 38.3 Å². The van der Waals surface area contributed by atoms with Gasteiger partial charge in [0.1, 0.15) is 6.54 Å². The molecule has 0 saturated carbocycles. The fourth-order valence-electron chi connectivity index (χ4n) is 4.66. The van der Waals surface area contributed by atoms with Crippen LogP contribution >= 0.6 is 0 Å². The Labute approximate surface area is 181 Å². The van der Waals surface area contributed by atoms with E-state index in [-0.39, 0.29) is 5.97 Å². The molecule has 30 heavy (non-hydrogen) atoms. The van der Waals surface area contributed by atoms with E-state index >= 15 is 0 Å². The summed E-state index contributed by atoms with van der Waals surface area (Å²) >= 11 is 0. The summed E-state index contributed by atoms with van der Waals surface area (Å²) in [5.41, 5.74) is 5.89. The van der Waals surface area contributed by atoms with E-state index in [0.717, 1.165) is 43.9 Å². The second kappa shape index (κ2) is 9.94. The number of nitrogens with one attached hydrogen (secondary N) is 1. The van der Waals surface area contributed by atoms with Crippen molar-refractivity contribution in [2.45, 2.75) is 39.5 Å². The number of carbonyl (C=O) groups is 1. The maximum atomic E-state index is 12.4. The van der Waals surface area contributed by atoms with Gasteiger partial charge in [0.2, 0.25) is 0 Å². The number of ether oxygens (including phenoxy) is 1. The highest BCUT2D eigenvalue weighted by Crippen LogP contribution is 2.32. The lowest BCUT2D eigenvalue weighted by Crippen LogP contribution is -2.56. The van der Waals surface area contributed by atoms with Crippen molar-refractivity contribution in [1.29, 1.82) is 0 Å². The minimum atomic E-state index is -0.115. The maximum Gasteiger partial charge on any atom is 0.361 e. The predicted octanol–water partition coefficient (Wildman–Crippen LogP) is 5.19. The molecule has 2 aromatic rings. The number of quaternary nitrogens is 1. The van der Waals surface area contributed by atoms with Crippen LogP contribution in [0.1, 0.15) is 42.4 Å². The molecule has 0 aliphatic carbocycles. The van der Waals surface area contributed by atoms with Crippen molar-refractivity contribution in [1.82, 2.24) is 0 Å². The van der Waals surface area contributed by atoms with Crippen LogP contribution in [-0.4, -0.2) is 43.2 Å². The summed E-state index contributed by atoms with van der Waals surface area (Å²) in [4.78, 5) is 12.4. The van der Waals surface area contributed by atoms with Crippen molar-refractivity contribution in [3.05, 3.63) is 77.5 Å². The van der Waals surface area contributed by atoms with Crippen LogP contribution in [0.3, 0.4) is 0 Å². The molecule has 1 aliphatic heterocycles.